The van der Waals surface area contributed by atoms with E-state index < -0.39 is 23.5 Å². The van der Waals surface area contributed by atoms with Crippen molar-refractivity contribution in [2.75, 3.05) is 31.5 Å². The van der Waals surface area contributed by atoms with Gasteiger partial charge in [-0.05, 0) is 36.8 Å². The van der Waals surface area contributed by atoms with Crippen LogP contribution in [0.15, 0.2) is 51.7 Å². The lowest BCUT2D eigenvalue weighted by molar-refractivity contribution is -0.138. The van der Waals surface area contributed by atoms with Gasteiger partial charge in [0, 0.05) is 44.9 Å². The quantitative estimate of drug-likeness (QED) is 0.592. The fourth-order valence-electron chi connectivity index (χ4n) is 4.39. The molecule has 0 bridgehead atoms. The Balaban J connectivity index is 1.45. The number of oxazole rings is 1. The highest BCUT2D eigenvalue weighted by Gasteiger charge is 2.33. The first-order valence-electron chi connectivity index (χ1n) is 11.2. The third-order valence-corrected chi connectivity index (χ3v) is 6.13. The Kier molecular flexibility index (Phi) is 6.70. The van der Waals surface area contributed by atoms with Crippen LogP contribution in [0.2, 0.25) is 0 Å². The Morgan fingerprint density at radius 2 is 1.83 bits per heavy atom. The number of hydrogen-bond acceptors (Lipinski definition) is 5. The Morgan fingerprint density at radius 3 is 2.46 bits per heavy atom. The zero-order chi connectivity index (χ0) is 25.3. The van der Waals surface area contributed by atoms with E-state index in [1.165, 1.54) is 23.6 Å². The van der Waals surface area contributed by atoms with Crippen LogP contribution in [0.3, 0.4) is 0 Å². The van der Waals surface area contributed by atoms with E-state index >= 15 is 0 Å². The summed E-state index contributed by atoms with van der Waals surface area (Å²) in [6.45, 7) is 4.82. The molecule has 1 N–H and O–H groups in total. The van der Waals surface area contributed by atoms with Crippen molar-refractivity contribution in [1.82, 2.24) is 14.4 Å². The van der Waals surface area contributed by atoms with Gasteiger partial charge in [-0.25, -0.2) is 4.79 Å². The van der Waals surface area contributed by atoms with Crippen molar-refractivity contribution >= 4 is 28.6 Å². The predicted molar refractivity (Wildman–Crippen MR) is 123 cm³/mol. The minimum absolute atomic E-state index is 0.0286. The van der Waals surface area contributed by atoms with Crippen molar-refractivity contribution in [1.29, 1.82) is 0 Å². The van der Waals surface area contributed by atoms with Crippen LogP contribution in [0.25, 0.3) is 11.1 Å². The number of piperazine rings is 1. The number of amides is 2. The second-order valence-electron chi connectivity index (χ2n) is 8.43. The molecule has 186 valence electrons. The normalized spacial score (nSPS) is 17.1. The smallest absolute Gasteiger partial charge is 0.408 e. The minimum atomic E-state index is -4.44. The van der Waals surface area contributed by atoms with Crippen LogP contribution in [0.4, 0.5) is 18.9 Å². The molecule has 0 unspecified atom stereocenters. The standard InChI is InChI=1S/C24H25F3N4O4/c1-3-30-19-9-8-18(12-21(19)35-23(30)34)28-22(33)14-29-10-11-31(15(2)32)20(13-29)16-4-6-17(7-5-16)24(25,26)27/h4-9,12,20H,3,10-11,13-14H2,1-2H3,(H,28,33)/t20-/m0/s1. The van der Waals surface area contributed by atoms with Crippen molar-refractivity contribution < 1.29 is 27.2 Å². The number of benzene rings is 2. The third-order valence-electron chi connectivity index (χ3n) is 6.13. The molecule has 0 saturated carbocycles. The van der Waals surface area contributed by atoms with Gasteiger partial charge in [-0.3, -0.25) is 19.1 Å². The minimum Gasteiger partial charge on any atom is -0.408 e. The van der Waals surface area contributed by atoms with Crippen LogP contribution < -0.4 is 11.1 Å². The molecule has 1 aliphatic rings. The van der Waals surface area contributed by atoms with E-state index in [2.05, 4.69) is 5.32 Å². The highest BCUT2D eigenvalue weighted by molar-refractivity contribution is 5.94. The maximum absolute atomic E-state index is 12.9. The molecule has 1 saturated heterocycles. The fourth-order valence-corrected chi connectivity index (χ4v) is 4.39. The average molecular weight is 490 g/mol. The second kappa shape index (κ2) is 9.57. The summed E-state index contributed by atoms with van der Waals surface area (Å²) in [7, 11) is 0. The van der Waals surface area contributed by atoms with Gasteiger partial charge in [0.15, 0.2) is 5.58 Å². The summed E-state index contributed by atoms with van der Waals surface area (Å²) in [4.78, 5) is 40.2. The first-order valence-corrected chi connectivity index (χ1v) is 11.2. The van der Waals surface area contributed by atoms with Gasteiger partial charge < -0.3 is 14.6 Å². The number of alkyl halides is 3. The van der Waals surface area contributed by atoms with Crippen LogP contribution in [0.5, 0.6) is 0 Å². The molecule has 2 heterocycles. The number of aromatic nitrogens is 1. The number of fused-ring (bicyclic) bond motifs is 1. The molecule has 4 rings (SSSR count). The summed E-state index contributed by atoms with van der Waals surface area (Å²) in [5.74, 6) is -0.958. The summed E-state index contributed by atoms with van der Waals surface area (Å²) < 4.78 is 45.5. The number of nitrogens with zero attached hydrogens (tertiary/aromatic N) is 3. The Morgan fingerprint density at radius 1 is 1.11 bits per heavy atom. The van der Waals surface area contributed by atoms with Gasteiger partial charge in [-0.15, -0.1) is 0 Å². The first-order chi connectivity index (χ1) is 16.6. The van der Waals surface area contributed by atoms with E-state index in [0.717, 1.165) is 12.1 Å². The number of carbonyl (C=O) groups excluding carboxylic acids is 2. The molecule has 1 aromatic heterocycles. The predicted octanol–water partition coefficient (Wildman–Crippen LogP) is 3.48. The highest BCUT2D eigenvalue weighted by Crippen LogP contribution is 2.32. The summed E-state index contributed by atoms with van der Waals surface area (Å²) in [5, 5.41) is 2.78. The maximum atomic E-state index is 12.9. The number of aryl methyl sites for hydroxylation is 1. The van der Waals surface area contributed by atoms with Gasteiger partial charge in [0.2, 0.25) is 11.8 Å². The van der Waals surface area contributed by atoms with Crippen LogP contribution in [0, 0.1) is 0 Å². The summed E-state index contributed by atoms with van der Waals surface area (Å²) in [5.41, 5.74) is 1.28. The fraction of sp³-hybridized carbons (Fsp3) is 0.375. The van der Waals surface area contributed by atoms with E-state index in [4.69, 9.17) is 4.42 Å². The maximum Gasteiger partial charge on any atom is 0.419 e. The van der Waals surface area contributed by atoms with Gasteiger partial charge in [0.25, 0.3) is 0 Å². The zero-order valence-electron chi connectivity index (χ0n) is 19.3. The molecule has 3 aromatic rings. The number of rotatable bonds is 5. The average Bonchev–Trinajstić information content (AvgIpc) is 3.12. The zero-order valence-corrected chi connectivity index (χ0v) is 19.3. The molecule has 11 heteroatoms. The van der Waals surface area contributed by atoms with Crippen molar-refractivity contribution in [3.05, 3.63) is 64.1 Å². The summed E-state index contributed by atoms with van der Waals surface area (Å²) in [6, 6.07) is 9.23. The summed E-state index contributed by atoms with van der Waals surface area (Å²) >= 11 is 0. The van der Waals surface area contributed by atoms with E-state index in [-0.39, 0.29) is 18.4 Å². The Hall–Kier alpha value is -3.60. The van der Waals surface area contributed by atoms with Crippen molar-refractivity contribution in [3.63, 3.8) is 0 Å². The lowest BCUT2D eigenvalue weighted by atomic mass is 10.0. The number of nitrogens with one attached hydrogen (secondary N) is 1. The van der Waals surface area contributed by atoms with Gasteiger partial charge in [0.05, 0.1) is 23.7 Å². The Bertz CT molecular complexity index is 1300. The van der Waals surface area contributed by atoms with Crippen molar-refractivity contribution in [3.8, 4) is 0 Å². The van der Waals surface area contributed by atoms with Gasteiger partial charge in [-0.2, -0.15) is 13.2 Å². The third kappa shape index (κ3) is 5.24. The van der Waals surface area contributed by atoms with E-state index in [1.807, 2.05) is 11.8 Å². The SMILES string of the molecule is CCn1c(=O)oc2cc(NC(=O)CN3CCN(C(C)=O)[C@H](c4ccc(C(F)(F)F)cc4)C3)ccc21. The Labute approximate surface area is 198 Å². The largest absolute Gasteiger partial charge is 0.419 e. The van der Waals surface area contributed by atoms with Crippen LogP contribution >= 0.6 is 0 Å². The molecule has 2 aromatic carbocycles. The van der Waals surface area contributed by atoms with Crippen molar-refractivity contribution in [2.45, 2.75) is 32.6 Å². The van der Waals surface area contributed by atoms with Gasteiger partial charge in [0.1, 0.15) is 0 Å². The van der Waals surface area contributed by atoms with Gasteiger partial charge in [-0.1, -0.05) is 12.1 Å². The number of hydrogen-bond donors (Lipinski definition) is 1. The number of anilines is 1. The van der Waals surface area contributed by atoms with Gasteiger partial charge >= 0.3 is 11.9 Å². The lowest BCUT2D eigenvalue weighted by Gasteiger charge is -2.41. The van der Waals surface area contributed by atoms with Crippen LogP contribution in [-0.4, -0.2) is 52.4 Å². The van der Waals surface area contributed by atoms with E-state index in [9.17, 15) is 27.6 Å². The number of carbonyl (C=O) groups is 2. The number of halogens is 3. The van der Waals surface area contributed by atoms with Crippen molar-refractivity contribution in [2.24, 2.45) is 0 Å². The first kappa shape index (κ1) is 24.5. The molecule has 35 heavy (non-hydrogen) atoms. The molecule has 2 amide bonds. The second-order valence-corrected chi connectivity index (χ2v) is 8.43. The monoisotopic (exact) mass is 490 g/mol. The van der Waals surface area contributed by atoms with E-state index in [0.29, 0.717) is 48.5 Å². The molecule has 1 aliphatic heterocycles. The summed E-state index contributed by atoms with van der Waals surface area (Å²) in [6.07, 6.45) is -4.44. The molecular weight excluding hydrogens is 465 g/mol. The molecule has 1 atom stereocenters. The molecule has 0 radical (unpaired) electrons. The topological polar surface area (TPSA) is 87.8 Å². The highest BCUT2D eigenvalue weighted by atomic mass is 19.4. The molecule has 8 nitrogen and oxygen atoms in total. The molecular formula is C24H25F3N4O4. The lowest BCUT2D eigenvalue weighted by Crippen LogP contribution is -2.51. The van der Waals surface area contributed by atoms with E-state index in [1.54, 1.807) is 23.1 Å². The molecule has 0 aliphatic carbocycles. The van der Waals surface area contributed by atoms with Crippen LogP contribution in [-0.2, 0) is 22.3 Å². The molecule has 1 fully saturated rings. The van der Waals surface area contributed by atoms with Crippen LogP contribution in [0.1, 0.15) is 31.0 Å². The molecule has 0 spiro atoms.